The smallest absolute Gasteiger partial charge is 0.135 e. The van der Waals surface area contributed by atoms with Gasteiger partial charge in [0.1, 0.15) is 16.8 Å². The Morgan fingerprint density at radius 1 is 1.21 bits per heavy atom. The van der Waals surface area contributed by atoms with Crippen molar-refractivity contribution in [3.63, 3.8) is 0 Å². The fraction of sp³-hybridized carbons (Fsp3) is 0.733. The largest absolute Gasteiger partial charge is 0.365 e. The fourth-order valence-electron chi connectivity index (χ4n) is 2.74. The molecular formula is C15H24ClN3. The van der Waals surface area contributed by atoms with E-state index in [1.165, 1.54) is 12.8 Å². The predicted molar refractivity (Wildman–Crippen MR) is 80.8 cm³/mol. The fourth-order valence-corrected chi connectivity index (χ4v) is 2.93. The minimum atomic E-state index is -0.0171. The van der Waals surface area contributed by atoms with E-state index in [9.17, 15) is 0 Å². The molecule has 0 radical (unpaired) electrons. The van der Waals surface area contributed by atoms with E-state index in [0.717, 1.165) is 18.1 Å². The number of anilines is 1. The van der Waals surface area contributed by atoms with Gasteiger partial charge in [0.2, 0.25) is 0 Å². The molecular weight excluding hydrogens is 258 g/mol. The van der Waals surface area contributed by atoms with Crippen molar-refractivity contribution < 1.29 is 0 Å². The van der Waals surface area contributed by atoms with Crippen molar-refractivity contribution in [2.45, 2.75) is 65.3 Å². The van der Waals surface area contributed by atoms with E-state index in [1.807, 2.05) is 6.07 Å². The summed E-state index contributed by atoms with van der Waals surface area (Å²) in [6.45, 7) is 11.1. The molecule has 1 fully saturated rings. The Morgan fingerprint density at radius 2 is 1.84 bits per heavy atom. The molecule has 1 aromatic rings. The summed E-state index contributed by atoms with van der Waals surface area (Å²) in [5.41, 5.74) is 0.253. The summed E-state index contributed by atoms with van der Waals surface area (Å²) in [4.78, 5) is 8.92. The van der Waals surface area contributed by atoms with Crippen LogP contribution in [0.15, 0.2) is 6.07 Å². The second-order valence-corrected chi connectivity index (χ2v) is 7.84. The first-order chi connectivity index (χ1) is 8.65. The van der Waals surface area contributed by atoms with E-state index in [1.54, 1.807) is 0 Å². The van der Waals surface area contributed by atoms with Crippen molar-refractivity contribution in [1.29, 1.82) is 0 Å². The first-order valence-corrected chi connectivity index (χ1v) is 7.35. The molecule has 0 aliphatic heterocycles. The van der Waals surface area contributed by atoms with Gasteiger partial charge in [0, 0.05) is 17.5 Å². The molecule has 3 nitrogen and oxygen atoms in total. The molecule has 106 valence electrons. The van der Waals surface area contributed by atoms with Gasteiger partial charge in [-0.05, 0) is 38.5 Å². The lowest BCUT2D eigenvalue weighted by atomic mass is 9.82. The number of halogens is 1. The van der Waals surface area contributed by atoms with Crippen LogP contribution < -0.4 is 5.32 Å². The Balaban J connectivity index is 2.13. The van der Waals surface area contributed by atoms with Crippen LogP contribution in [-0.2, 0) is 0 Å². The lowest BCUT2D eigenvalue weighted by Crippen LogP contribution is -2.35. The van der Waals surface area contributed by atoms with Gasteiger partial charge in [0.05, 0.1) is 0 Å². The van der Waals surface area contributed by atoms with Crippen LogP contribution in [0.5, 0.6) is 0 Å². The van der Waals surface area contributed by atoms with Gasteiger partial charge in [-0.2, -0.15) is 0 Å². The lowest BCUT2D eigenvalue weighted by molar-refractivity contribution is 0.302. The Hall–Kier alpha value is -0.830. The zero-order chi connectivity index (χ0) is 14.3. The number of nitrogens with zero attached hydrogens (tertiary/aromatic N) is 2. The van der Waals surface area contributed by atoms with Crippen LogP contribution in [0.1, 0.15) is 65.6 Å². The van der Waals surface area contributed by atoms with Gasteiger partial charge in [-0.25, -0.2) is 9.97 Å². The Bertz CT molecular complexity index is 459. The topological polar surface area (TPSA) is 37.8 Å². The second-order valence-electron chi connectivity index (χ2n) is 7.45. The number of aromatic nitrogens is 2. The summed E-state index contributed by atoms with van der Waals surface area (Å²) in [6, 6.07) is 1.82. The van der Waals surface area contributed by atoms with Gasteiger partial charge in [0.25, 0.3) is 0 Å². The quantitative estimate of drug-likeness (QED) is 0.818. The molecule has 0 bridgehead atoms. The summed E-state index contributed by atoms with van der Waals surface area (Å²) in [5, 5.41) is 4.04. The van der Waals surface area contributed by atoms with Crippen molar-refractivity contribution in [3.8, 4) is 0 Å². The molecule has 1 heterocycles. The van der Waals surface area contributed by atoms with Gasteiger partial charge in [0.15, 0.2) is 0 Å². The molecule has 19 heavy (non-hydrogen) atoms. The molecule has 1 aliphatic carbocycles. The van der Waals surface area contributed by atoms with Crippen LogP contribution in [0.2, 0.25) is 5.15 Å². The van der Waals surface area contributed by atoms with Crippen molar-refractivity contribution in [1.82, 2.24) is 9.97 Å². The minimum absolute atomic E-state index is 0.0171. The zero-order valence-corrected chi connectivity index (χ0v) is 13.3. The van der Waals surface area contributed by atoms with Gasteiger partial charge < -0.3 is 5.32 Å². The Kier molecular flexibility index (Phi) is 3.78. The van der Waals surface area contributed by atoms with E-state index in [4.69, 9.17) is 11.6 Å². The van der Waals surface area contributed by atoms with Crippen LogP contribution in [0.25, 0.3) is 0 Å². The third kappa shape index (κ3) is 4.64. The van der Waals surface area contributed by atoms with Crippen LogP contribution in [0, 0.1) is 5.41 Å². The van der Waals surface area contributed by atoms with E-state index < -0.39 is 0 Å². The lowest BCUT2D eigenvalue weighted by Gasteiger charge is -2.33. The maximum Gasteiger partial charge on any atom is 0.135 e. The Labute approximate surface area is 121 Å². The van der Waals surface area contributed by atoms with E-state index in [2.05, 4.69) is 49.9 Å². The average Bonchev–Trinajstić information content (AvgIpc) is 2.92. The van der Waals surface area contributed by atoms with E-state index in [-0.39, 0.29) is 11.0 Å². The highest BCUT2D eigenvalue weighted by atomic mass is 35.5. The third-order valence-electron chi connectivity index (χ3n) is 3.09. The highest BCUT2D eigenvalue weighted by Gasteiger charge is 2.29. The molecule has 0 aromatic carbocycles. The first kappa shape index (κ1) is 14.6. The van der Waals surface area contributed by atoms with E-state index in [0.29, 0.717) is 11.1 Å². The molecule has 4 heteroatoms. The van der Waals surface area contributed by atoms with Crippen molar-refractivity contribution >= 4 is 17.4 Å². The molecule has 2 rings (SSSR count). The SMILES string of the molecule is CC(C)(C)CC(C)(C)Nc1cc(Cl)nc(C2CC2)n1. The molecule has 1 N–H and O–H groups in total. The maximum atomic E-state index is 6.09. The summed E-state index contributed by atoms with van der Waals surface area (Å²) >= 11 is 6.09. The predicted octanol–water partition coefficient (Wildman–Crippen LogP) is 4.63. The summed E-state index contributed by atoms with van der Waals surface area (Å²) in [6.07, 6.45) is 3.43. The highest BCUT2D eigenvalue weighted by molar-refractivity contribution is 6.29. The van der Waals surface area contributed by atoms with Crippen LogP contribution in [0.4, 0.5) is 5.82 Å². The molecule has 0 amide bonds. The van der Waals surface area contributed by atoms with Crippen molar-refractivity contribution in [3.05, 3.63) is 17.0 Å². The molecule has 0 saturated heterocycles. The summed E-state index contributed by atoms with van der Waals surface area (Å²) in [7, 11) is 0. The number of nitrogens with one attached hydrogen (secondary N) is 1. The molecule has 0 unspecified atom stereocenters. The minimum Gasteiger partial charge on any atom is -0.365 e. The zero-order valence-electron chi connectivity index (χ0n) is 12.5. The molecule has 1 aromatic heterocycles. The van der Waals surface area contributed by atoms with Gasteiger partial charge in [-0.1, -0.05) is 32.4 Å². The Morgan fingerprint density at radius 3 is 2.37 bits per heavy atom. The highest BCUT2D eigenvalue weighted by Crippen LogP contribution is 2.39. The summed E-state index contributed by atoms with van der Waals surface area (Å²) in [5.74, 6) is 2.25. The number of hydrogen-bond acceptors (Lipinski definition) is 3. The van der Waals surface area contributed by atoms with Crippen LogP contribution in [-0.4, -0.2) is 15.5 Å². The number of hydrogen-bond donors (Lipinski definition) is 1. The summed E-state index contributed by atoms with van der Waals surface area (Å²) < 4.78 is 0. The second kappa shape index (κ2) is 4.93. The normalized spacial score (nSPS) is 16.5. The molecule has 0 spiro atoms. The standard InChI is InChI=1S/C15H24ClN3/c1-14(2,3)9-15(4,5)19-12-8-11(16)17-13(18-12)10-6-7-10/h8,10H,6-7,9H2,1-5H3,(H,17,18,19). The monoisotopic (exact) mass is 281 g/mol. The van der Waals surface area contributed by atoms with Gasteiger partial charge in [-0.15, -0.1) is 0 Å². The molecule has 0 atom stereocenters. The van der Waals surface area contributed by atoms with Crippen LogP contribution >= 0.6 is 11.6 Å². The van der Waals surface area contributed by atoms with E-state index >= 15 is 0 Å². The third-order valence-corrected chi connectivity index (χ3v) is 3.29. The molecule has 1 aliphatic rings. The van der Waals surface area contributed by atoms with Gasteiger partial charge in [-0.3, -0.25) is 0 Å². The molecule has 1 saturated carbocycles. The number of rotatable bonds is 4. The van der Waals surface area contributed by atoms with Crippen molar-refractivity contribution in [2.75, 3.05) is 5.32 Å². The van der Waals surface area contributed by atoms with Crippen LogP contribution in [0.3, 0.4) is 0 Å². The average molecular weight is 282 g/mol. The maximum absolute atomic E-state index is 6.09. The van der Waals surface area contributed by atoms with Gasteiger partial charge >= 0.3 is 0 Å². The first-order valence-electron chi connectivity index (χ1n) is 6.97. The van der Waals surface area contributed by atoms with Crippen molar-refractivity contribution in [2.24, 2.45) is 5.41 Å².